The summed E-state index contributed by atoms with van der Waals surface area (Å²) in [6.07, 6.45) is 1.66. The Morgan fingerprint density at radius 3 is 2.32 bits per heavy atom. The van der Waals surface area contributed by atoms with Crippen LogP contribution in [0.25, 0.3) is 0 Å². The minimum absolute atomic E-state index is 0.104. The summed E-state index contributed by atoms with van der Waals surface area (Å²) in [5.74, 6) is -0.104. The zero-order valence-corrected chi connectivity index (χ0v) is 14.7. The number of hydrogen-bond donors (Lipinski definition) is 3. The Balaban J connectivity index is 1.78. The Morgan fingerprint density at radius 1 is 1.00 bits per heavy atom. The molecule has 0 aliphatic carbocycles. The third-order valence-corrected chi connectivity index (χ3v) is 3.94. The van der Waals surface area contributed by atoms with Crippen LogP contribution < -0.4 is 16.0 Å². The zero-order chi connectivity index (χ0) is 18.1. The molecule has 2 aromatic carbocycles. The normalized spacial score (nSPS) is 11.4. The van der Waals surface area contributed by atoms with Gasteiger partial charge in [0.05, 0.1) is 0 Å². The Bertz CT molecular complexity index is 684. The lowest BCUT2D eigenvalue weighted by Crippen LogP contribution is -2.32. The molecule has 3 amide bonds. The van der Waals surface area contributed by atoms with Crippen LogP contribution in [0.1, 0.15) is 36.2 Å². The van der Waals surface area contributed by atoms with Crippen LogP contribution in [0.15, 0.2) is 54.6 Å². The average Bonchev–Trinajstić information content (AvgIpc) is 2.63. The van der Waals surface area contributed by atoms with Crippen molar-refractivity contribution in [1.29, 1.82) is 0 Å². The van der Waals surface area contributed by atoms with Crippen LogP contribution in [0.2, 0.25) is 0 Å². The average molecular weight is 339 g/mol. The Labute approximate surface area is 148 Å². The maximum Gasteiger partial charge on any atom is 0.319 e. The van der Waals surface area contributed by atoms with Gasteiger partial charge in [0.1, 0.15) is 0 Å². The number of hydrogen-bond acceptors (Lipinski definition) is 2. The van der Waals surface area contributed by atoms with Crippen LogP contribution in [-0.2, 0) is 6.42 Å². The standard InChI is InChI=1S/C20H25N3O2/c1-3-15(2)22-19(24)17-9-11-18(12-10-17)23-20(25)21-14-13-16-7-5-4-6-8-16/h4-12,15H,3,13-14H2,1-2H3,(H,22,24)(H2,21,23,25). The summed E-state index contributed by atoms with van der Waals surface area (Å²) >= 11 is 0. The molecule has 3 N–H and O–H groups in total. The van der Waals surface area contributed by atoms with Gasteiger partial charge >= 0.3 is 6.03 Å². The van der Waals surface area contributed by atoms with Crippen molar-refractivity contribution >= 4 is 17.6 Å². The van der Waals surface area contributed by atoms with Crippen LogP contribution in [0, 0.1) is 0 Å². The largest absolute Gasteiger partial charge is 0.350 e. The van der Waals surface area contributed by atoms with Crippen molar-refractivity contribution in [3.05, 3.63) is 65.7 Å². The minimum atomic E-state index is -0.257. The van der Waals surface area contributed by atoms with Gasteiger partial charge in [-0.25, -0.2) is 4.79 Å². The van der Waals surface area contributed by atoms with E-state index in [4.69, 9.17) is 0 Å². The van der Waals surface area contributed by atoms with Crippen molar-refractivity contribution in [2.45, 2.75) is 32.7 Å². The highest BCUT2D eigenvalue weighted by Crippen LogP contribution is 2.10. The summed E-state index contributed by atoms with van der Waals surface area (Å²) in [6, 6.07) is 16.7. The van der Waals surface area contributed by atoms with Gasteiger partial charge in [-0.3, -0.25) is 4.79 Å². The maximum atomic E-state index is 12.0. The lowest BCUT2D eigenvalue weighted by Gasteiger charge is -2.12. The van der Waals surface area contributed by atoms with E-state index in [1.54, 1.807) is 24.3 Å². The first-order chi connectivity index (χ1) is 12.1. The van der Waals surface area contributed by atoms with E-state index in [1.165, 1.54) is 5.56 Å². The first kappa shape index (κ1) is 18.5. The fraction of sp³-hybridized carbons (Fsp3) is 0.300. The number of benzene rings is 2. The SMILES string of the molecule is CCC(C)NC(=O)c1ccc(NC(=O)NCCc2ccccc2)cc1. The van der Waals surface area contributed by atoms with Crippen molar-refractivity contribution < 1.29 is 9.59 Å². The van der Waals surface area contributed by atoms with Crippen LogP contribution in [0.5, 0.6) is 0 Å². The van der Waals surface area contributed by atoms with E-state index in [0.717, 1.165) is 12.8 Å². The second-order valence-corrected chi connectivity index (χ2v) is 5.98. The van der Waals surface area contributed by atoms with Gasteiger partial charge < -0.3 is 16.0 Å². The molecule has 0 radical (unpaired) electrons. The second kappa shape index (κ2) is 9.47. The Hall–Kier alpha value is -2.82. The van der Waals surface area contributed by atoms with Crippen LogP contribution >= 0.6 is 0 Å². The molecule has 2 aromatic rings. The summed E-state index contributed by atoms with van der Waals surface area (Å²) in [5, 5.41) is 8.50. The first-order valence-corrected chi connectivity index (χ1v) is 8.58. The van der Waals surface area contributed by atoms with E-state index in [1.807, 2.05) is 44.2 Å². The van der Waals surface area contributed by atoms with Crippen molar-refractivity contribution in [2.24, 2.45) is 0 Å². The van der Waals surface area contributed by atoms with Crippen molar-refractivity contribution in [3.8, 4) is 0 Å². The molecule has 0 heterocycles. The molecule has 132 valence electrons. The third kappa shape index (κ3) is 6.30. The molecule has 5 nitrogen and oxygen atoms in total. The summed E-state index contributed by atoms with van der Waals surface area (Å²) < 4.78 is 0. The lowest BCUT2D eigenvalue weighted by molar-refractivity contribution is 0.0939. The molecule has 0 aliphatic rings. The van der Waals surface area contributed by atoms with Gasteiger partial charge in [0, 0.05) is 23.8 Å². The molecule has 0 aromatic heterocycles. The molecule has 2 rings (SSSR count). The molecule has 0 spiro atoms. The first-order valence-electron chi connectivity index (χ1n) is 8.58. The number of urea groups is 1. The minimum Gasteiger partial charge on any atom is -0.350 e. The van der Waals surface area contributed by atoms with E-state index >= 15 is 0 Å². The third-order valence-electron chi connectivity index (χ3n) is 3.94. The molecule has 0 saturated heterocycles. The van der Waals surface area contributed by atoms with E-state index in [9.17, 15) is 9.59 Å². The Morgan fingerprint density at radius 2 is 1.68 bits per heavy atom. The number of anilines is 1. The monoisotopic (exact) mass is 339 g/mol. The molecular formula is C20H25N3O2. The van der Waals surface area contributed by atoms with Gasteiger partial charge in [0.2, 0.25) is 0 Å². The molecule has 0 aliphatic heterocycles. The van der Waals surface area contributed by atoms with E-state index in [0.29, 0.717) is 17.8 Å². The van der Waals surface area contributed by atoms with Gasteiger partial charge in [0.25, 0.3) is 5.91 Å². The highest BCUT2D eigenvalue weighted by atomic mass is 16.2. The van der Waals surface area contributed by atoms with Crippen molar-refractivity contribution in [2.75, 3.05) is 11.9 Å². The van der Waals surface area contributed by atoms with E-state index < -0.39 is 0 Å². The summed E-state index contributed by atoms with van der Waals surface area (Å²) in [4.78, 5) is 23.9. The highest BCUT2D eigenvalue weighted by Gasteiger charge is 2.08. The molecule has 0 bridgehead atoms. The van der Waals surface area contributed by atoms with Gasteiger partial charge in [0.15, 0.2) is 0 Å². The zero-order valence-electron chi connectivity index (χ0n) is 14.7. The van der Waals surface area contributed by atoms with Crippen LogP contribution in [-0.4, -0.2) is 24.5 Å². The van der Waals surface area contributed by atoms with Gasteiger partial charge in [-0.15, -0.1) is 0 Å². The smallest absolute Gasteiger partial charge is 0.319 e. The predicted octanol–water partition coefficient (Wildman–Crippen LogP) is 3.58. The summed E-state index contributed by atoms with van der Waals surface area (Å²) in [6.45, 7) is 4.55. The molecule has 25 heavy (non-hydrogen) atoms. The van der Waals surface area contributed by atoms with Crippen molar-refractivity contribution in [1.82, 2.24) is 10.6 Å². The number of carbonyl (C=O) groups is 2. The predicted molar refractivity (Wildman–Crippen MR) is 101 cm³/mol. The molecular weight excluding hydrogens is 314 g/mol. The fourth-order valence-corrected chi connectivity index (χ4v) is 2.25. The number of amides is 3. The number of carbonyl (C=O) groups excluding carboxylic acids is 2. The van der Waals surface area contributed by atoms with Gasteiger partial charge in [-0.2, -0.15) is 0 Å². The number of nitrogens with one attached hydrogen (secondary N) is 3. The van der Waals surface area contributed by atoms with Gasteiger partial charge in [-0.05, 0) is 49.6 Å². The Kier molecular flexibility index (Phi) is 7.01. The molecule has 1 atom stereocenters. The second-order valence-electron chi connectivity index (χ2n) is 5.98. The molecule has 5 heteroatoms. The van der Waals surface area contributed by atoms with Crippen LogP contribution in [0.3, 0.4) is 0 Å². The van der Waals surface area contributed by atoms with Gasteiger partial charge in [-0.1, -0.05) is 37.3 Å². The van der Waals surface area contributed by atoms with Crippen molar-refractivity contribution in [3.63, 3.8) is 0 Å². The quantitative estimate of drug-likeness (QED) is 0.721. The van der Waals surface area contributed by atoms with E-state index in [2.05, 4.69) is 16.0 Å². The van der Waals surface area contributed by atoms with Crippen LogP contribution in [0.4, 0.5) is 10.5 Å². The highest BCUT2D eigenvalue weighted by molar-refractivity contribution is 5.95. The van der Waals surface area contributed by atoms with E-state index in [-0.39, 0.29) is 18.0 Å². The maximum absolute atomic E-state index is 12.0. The fourth-order valence-electron chi connectivity index (χ4n) is 2.25. The summed E-state index contributed by atoms with van der Waals surface area (Å²) in [5.41, 5.74) is 2.41. The molecule has 0 saturated carbocycles. The molecule has 0 fully saturated rings. The summed E-state index contributed by atoms with van der Waals surface area (Å²) in [7, 11) is 0. The lowest BCUT2D eigenvalue weighted by atomic mass is 10.1. The molecule has 1 unspecified atom stereocenters. The number of rotatable bonds is 7. The topological polar surface area (TPSA) is 70.2 Å².